The molecule has 1 heterocycles. The Morgan fingerprint density at radius 1 is 0.842 bits per heavy atom. The molecule has 114 valence electrons. The molecule has 0 N–H and O–H groups in total. The van der Waals surface area contributed by atoms with Crippen LogP contribution in [0.5, 0.6) is 0 Å². The lowest BCUT2D eigenvalue weighted by Gasteiger charge is -2.42. The Morgan fingerprint density at radius 2 is 1.32 bits per heavy atom. The van der Waals surface area contributed by atoms with Crippen molar-refractivity contribution in [3.8, 4) is 0 Å². The molecule has 0 aromatic heterocycles. The Labute approximate surface area is 126 Å². The Bertz CT molecular complexity index is 211. The monoisotopic (exact) mass is 286 g/mol. The summed E-state index contributed by atoms with van der Waals surface area (Å²) in [6, 6.07) is 1.43. The number of piperazine rings is 1. The summed E-state index contributed by atoms with van der Waals surface area (Å²) in [7, 11) is 2.26. The van der Waals surface area contributed by atoms with Gasteiger partial charge in [0, 0.05) is 25.2 Å². The van der Waals surface area contributed by atoms with E-state index in [9.17, 15) is 0 Å². The second-order valence-corrected chi connectivity index (χ2v) is 6.77. The zero-order chi connectivity index (χ0) is 14.1. The van der Waals surface area contributed by atoms with Gasteiger partial charge in [-0.05, 0) is 46.0 Å². The quantitative estimate of drug-likeness (QED) is 0.510. The number of hydrogen-bond acceptors (Lipinski definition) is 3. The van der Waals surface area contributed by atoms with Crippen molar-refractivity contribution in [2.75, 3.05) is 32.4 Å². The van der Waals surface area contributed by atoms with Gasteiger partial charge in [-0.25, -0.2) is 0 Å². The molecule has 1 aliphatic rings. The smallest absolute Gasteiger partial charge is 0.0195 e. The van der Waals surface area contributed by atoms with Gasteiger partial charge < -0.3 is 4.90 Å². The van der Waals surface area contributed by atoms with Gasteiger partial charge in [0.2, 0.25) is 0 Å². The Balaban J connectivity index is 1.98. The summed E-state index contributed by atoms with van der Waals surface area (Å²) >= 11 is 4.25. The van der Waals surface area contributed by atoms with Crippen molar-refractivity contribution in [3.63, 3.8) is 0 Å². The van der Waals surface area contributed by atoms with E-state index < -0.39 is 0 Å². The second kappa shape index (κ2) is 10.1. The van der Waals surface area contributed by atoms with Gasteiger partial charge in [0.1, 0.15) is 0 Å². The molecule has 19 heavy (non-hydrogen) atoms. The average Bonchev–Trinajstić information content (AvgIpc) is 2.39. The number of likely N-dealkylation sites (N-methyl/N-ethyl adjacent to an activating group) is 1. The number of rotatable bonds is 9. The highest BCUT2D eigenvalue weighted by Crippen LogP contribution is 2.14. The molecule has 1 aliphatic heterocycles. The molecule has 0 bridgehead atoms. The first-order valence-electron chi connectivity index (χ1n) is 8.20. The van der Waals surface area contributed by atoms with E-state index in [1.165, 1.54) is 64.6 Å². The first-order chi connectivity index (χ1) is 9.15. The normalized spacial score (nSPS) is 25.9. The average molecular weight is 287 g/mol. The summed E-state index contributed by atoms with van der Waals surface area (Å²) in [6.45, 7) is 8.51. The molecule has 0 spiro atoms. The number of unbranched alkanes of at least 4 members (excludes halogenated alkanes) is 6. The third kappa shape index (κ3) is 7.01. The van der Waals surface area contributed by atoms with E-state index in [4.69, 9.17) is 0 Å². The highest BCUT2D eigenvalue weighted by atomic mass is 32.1. The molecule has 0 aromatic carbocycles. The molecule has 2 nitrogen and oxygen atoms in total. The molecular formula is C16H34N2S. The predicted molar refractivity (Wildman–Crippen MR) is 89.3 cm³/mol. The van der Waals surface area contributed by atoms with Crippen LogP contribution in [0.1, 0.15) is 58.8 Å². The standard InChI is InChI=1S/C16H34N2S/c1-15-13-18(14-16(2)17(15)3)11-9-7-5-4-6-8-10-12-19/h15-16,19H,4-14H2,1-3H3. The molecule has 1 saturated heterocycles. The molecule has 1 fully saturated rings. The van der Waals surface area contributed by atoms with Gasteiger partial charge in [0.15, 0.2) is 0 Å². The van der Waals surface area contributed by atoms with Crippen molar-refractivity contribution in [3.05, 3.63) is 0 Å². The molecule has 0 saturated carbocycles. The van der Waals surface area contributed by atoms with Crippen molar-refractivity contribution in [1.29, 1.82) is 0 Å². The first-order valence-corrected chi connectivity index (χ1v) is 8.83. The van der Waals surface area contributed by atoms with Gasteiger partial charge in [0.05, 0.1) is 0 Å². The van der Waals surface area contributed by atoms with Gasteiger partial charge in [-0.15, -0.1) is 0 Å². The lowest BCUT2D eigenvalue weighted by Crippen LogP contribution is -2.54. The van der Waals surface area contributed by atoms with E-state index in [1.54, 1.807) is 0 Å². The fourth-order valence-electron chi connectivity index (χ4n) is 3.03. The third-order valence-corrected chi connectivity index (χ3v) is 4.88. The zero-order valence-electron chi connectivity index (χ0n) is 13.3. The van der Waals surface area contributed by atoms with E-state index in [-0.39, 0.29) is 0 Å². The van der Waals surface area contributed by atoms with E-state index in [1.807, 2.05) is 0 Å². The minimum absolute atomic E-state index is 0.713. The Hall–Kier alpha value is 0.270. The SMILES string of the molecule is CC1CN(CCCCCCCCCS)CC(C)N1C. The van der Waals surface area contributed by atoms with Gasteiger partial charge in [0.25, 0.3) is 0 Å². The third-order valence-electron chi connectivity index (χ3n) is 4.57. The first kappa shape index (κ1) is 17.3. The maximum Gasteiger partial charge on any atom is 0.0195 e. The number of hydrogen-bond donors (Lipinski definition) is 1. The van der Waals surface area contributed by atoms with Crippen molar-refractivity contribution in [2.24, 2.45) is 0 Å². The van der Waals surface area contributed by atoms with Crippen LogP contribution in [0.3, 0.4) is 0 Å². The summed E-state index contributed by atoms with van der Waals surface area (Å²) in [5.74, 6) is 1.06. The summed E-state index contributed by atoms with van der Waals surface area (Å²) in [5, 5.41) is 0. The molecule has 3 heteroatoms. The van der Waals surface area contributed by atoms with Crippen LogP contribution in [0.15, 0.2) is 0 Å². The van der Waals surface area contributed by atoms with Crippen LogP contribution in [0.4, 0.5) is 0 Å². The largest absolute Gasteiger partial charge is 0.300 e. The Kier molecular flexibility index (Phi) is 9.17. The fourth-order valence-corrected chi connectivity index (χ4v) is 3.25. The summed E-state index contributed by atoms with van der Waals surface area (Å²) in [6.07, 6.45) is 9.71. The van der Waals surface area contributed by atoms with E-state index in [2.05, 4.69) is 43.3 Å². The van der Waals surface area contributed by atoms with Gasteiger partial charge in [-0.1, -0.05) is 32.1 Å². The summed E-state index contributed by atoms with van der Waals surface area (Å²) < 4.78 is 0. The van der Waals surface area contributed by atoms with Gasteiger partial charge in [-0.2, -0.15) is 12.6 Å². The van der Waals surface area contributed by atoms with E-state index in [0.29, 0.717) is 12.1 Å². The highest BCUT2D eigenvalue weighted by Gasteiger charge is 2.25. The molecule has 0 aliphatic carbocycles. The maximum absolute atomic E-state index is 4.25. The van der Waals surface area contributed by atoms with Crippen LogP contribution in [-0.2, 0) is 0 Å². The Morgan fingerprint density at radius 3 is 1.84 bits per heavy atom. The minimum atomic E-state index is 0.713. The molecule has 0 aromatic rings. The van der Waals surface area contributed by atoms with Crippen LogP contribution in [0.25, 0.3) is 0 Å². The predicted octanol–water partition coefficient (Wildman–Crippen LogP) is 3.67. The zero-order valence-corrected chi connectivity index (χ0v) is 14.2. The molecule has 2 unspecified atom stereocenters. The van der Waals surface area contributed by atoms with Crippen molar-refractivity contribution >= 4 is 12.6 Å². The van der Waals surface area contributed by atoms with Crippen LogP contribution < -0.4 is 0 Å². The van der Waals surface area contributed by atoms with Gasteiger partial charge in [-0.3, -0.25) is 4.90 Å². The topological polar surface area (TPSA) is 6.48 Å². The molecular weight excluding hydrogens is 252 g/mol. The van der Waals surface area contributed by atoms with Gasteiger partial charge >= 0.3 is 0 Å². The van der Waals surface area contributed by atoms with Crippen molar-refractivity contribution in [2.45, 2.75) is 70.9 Å². The van der Waals surface area contributed by atoms with E-state index in [0.717, 1.165) is 5.75 Å². The number of thiol groups is 1. The van der Waals surface area contributed by atoms with Crippen LogP contribution in [-0.4, -0.2) is 54.3 Å². The lowest BCUT2D eigenvalue weighted by molar-refractivity contribution is 0.0591. The van der Waals surface area contributed by atoms with Crippen LogP contribution in [0.2, 0.25) is 0 Å². The fraction of sp³-hybridized carbons (Fsp3) is 1.00. The minimum Gasteiger partial charge on any atom is -0.300 e. The number of nitrogens with zero attached hydrogens (tertiary/aromatic N) is 2. The lowest BCUT2D eigenvalue weighted by atomic mass is 10.1. The van der Waals surface area contributed by atoms with E-state index >= 15 is 0 Å². The molecule has 1 rings (SSSR count). The van der Waals surface area contributed by atoms with Crippen LogP contribution in [0, 0.1) is 0 Å². The summed E-state index contributed by atoms with van der Waals surface area (Å²) in [5.41, 5.74) is 0. The molecule has 0 radical (unpaired) electrons. The molecule has 0 amide bonds. The van der Waals surface area contributed by atoms with Crippen molar-refractivity contribution < 1.29 is 0 Å². The second-order valence-electron chi connectivity index (χ2n) is 6.32. The maximum atomic E-state index is 4.25. The highest BCUT2D eigenvalue weighted by molar-refractivity contribution is 7.80. The molecule has 2 atom stereocenters. The summed E-state index contributed by atoms with van der Waals surface area (Å²) in [4.78, 5) is 5.17. The van der Waals surface area contributed by atoms with Crippen molar-refractivity contribution in [1.82, 2.24) is 9.80 Å². The van der Waals surface area contributed by atoms with Crippen LogP contribution >= 0.6 is 12.6 Å².